The first-order chi connectivity index (χ1) is 10.4. The zero-order chi connectivity index (χ0) is 16.2. The minimum atomic E-state index is -3.45. The second-order valence-electron chi connectivity index (χ2n) is 5.02. The third-order valence-electron chi connectivity index (χ3n) is 3.26. The molecule has 6 heteroatoms. The molecule has 0 bridgehead atoms. The van der Waals surface area contributed by atoms with Crippen LogP contribution in [0.3, 0.4) is 0 Å². The zero-order valence-electron chi connectivity index (χ0n) is 12.2. The van der Waals surface area contributed by atoms with Crippen LogP contribution in [0.2, 0.25) is 0 Å². The van der Waals surface area contributed by atoms with E-state index in [0.717, 1.165) is 5.56 Å². The van der Waals surface area contributed by atoms with E-state index in [2.05, 4.69) is 0 Å². The topological polar surface area (TPSA) is 57.6 Å². The first-order valence-corrected chi connectivity index (χ1v) is 9.15. The number of sulfonamides is 1. The average molecular weight is 340 g/mol. The predicted molar refractivity (Wildman–Crippen MR) is 89.6 cm³/mol. The van der Waals surface area contributed by atoms with Gasteiger partial charge in [-0.3, -0.25) is 4.31 Å². The van der Waals surface area contributed by atoms with E-state index in [0.29, 0.717) is 11.3 Å². The van der Waals surface area contributed by atoms with Crippen molar-refractivity contribution >= 4 is 27.3 Å². The molecule has 0 fully saturated rings. The lowest BCUT2D eigenvalue weighted by atomic mass is 10.1. The maximum Gasteiger partial charge on any atom is 0.232 e. The lowest BCUT2D eigenvalue weighted by Crippen LogP contribution is -2.29. The lowest BCUT2D eigenvalue weighted by Gasteiger charge is -2.23. The molecule has 0 saturated heterocycles. The van der Waals surface area contributed by atoms with Gasteiger partial charge in [0.15, 0.2) is 0 Å². The third kappa shape index (κ3) is 4.22. The van der Waals surface area contributed by atoms with Crippen LogP contribution in [0.1, 0.15) is 17.2 Å². The summed E-state index contributed by atoms with van der Waals surface area (Å²) in [5.74, 6) is 0.0566. The highest BCUT2D eigenvalue weighted by Crippen LogP contribution is 2.25. The van der Waals surface area contributed by atoms with Crippen molar-refractivity contribution in [3.8, 4) is 0 Å². The van der Waals surface area contributed by atoms with Crippen molar-refractivity contribution in [2.24, 2.45) is 0 Å². The number of hydrogen-bond acceptors (Lipinski definition) is 3. The van der Waals surface area contributed by atoms with Crippen LogP contribution in [0.15, 0.2) is 54.6 Å². The molecule has 1 atom stereocenters. The second-order valence-corrected chi connectivity index (χ2v) is 7.24. The van der Waals surface area contributed by atoms with Crippen LogP contribution in [0, 0.1) is 0 Å². The van der Waals surface area contributed by atoms with Crippen LogP contribution >= 0.6 is 11.6 Å². The number of rotatable bonds is 6. The molecule has 0 saturated carbocycles. The summed E-state index contributed by atoms with van der Waals surface area (Å²) in [6, 6.07) is 16.1. The van der Waals surface area contributed by atoms with E-state index >= 15 is 0 Å². The Morgan fingerprint density at radius 3 is 2.41 bits per heavy atom. The standard InChI is InChI=1S/C16H18ClNO3S/c1-22(20,21)18(12-13-6-3-2-4-7-13)15-9-5-8-14(10-15)16(19)11-17/h2-10,16,19H,11-12H2,1H3. The number of hydrogen-bond donors (Lipinski definition) is 1. The molecule has 4 nitrogen and oxygen atoms in total. The highest BCUT2D eigenvalue weighted by atomic mass is 35.5. The Balaban J connectivity index is 2.38. The van der Waals surface area contributed by atoms with Gasteiger partial charge in [0.2, 0.25) is 10.0 Å². The first kappa shape index (κ1) is 16.8. The molecule has 22 heavy (non-hydrogen) atoms. The van der Waals surface area contributed by atoms with Crippen LogP contribution in [0.25, 0.3) is 0 Å². The van der Waals surface area contributed by atoms with Gasteiger partial charge in [-0.15, -0.1) is 11.6 Å². The van der Waals surface area contributed by atoms with E-state index in [9.17, 15) is 13.5 Å². The SMILES string of the molecule is CS(=O)(=O)N(Cc1ccccc1)c1cccc(C(O)CCl)c1. The molecule has 0 radical (unpaired) electrons. The summed E-state index contributed by atoms with van der Waals surface area (Å²) in [6.45, 7) is 0.236. The van der Waals surface area contributed by atoms with E-state index < -0.39 is 16.1 Å². The molecule has 0 aromatic heterocycles. The average Bonchev–Trinajstić information content (AvgIpc) is 2.52. The Bertz CT molecular complexity index is 719. The fraction of sp³-hybridized carbons (Fsp3) is 0.250. The van der Waals surface area contributed by atoms with Gasteiger partial charge in [0.05, 0.1) is 30.5 Å². The molecule has 1 N–H and O–H groups in total. The highest BCUT2D eigenvalue weighted by Gasteiger charge is 2.19. The van der Waals surface area contributed by atoms with Crippen molar-refractivity contribution in [1.82, 2.24) is 0 Å². The van der Waals surface area contributed by atoms with Gasteiger partial charge in [-0.2, -0.15) is 0 Å². The molecule has 0 aliphatic carbocycles. The van der Waals surface area contributed by atoms with Gasteiger partial charge in [-0.05, 0) is 23.3 Å². The Hall–Kier alpha value is -1.56. The summed E-state index contributed by atoms with van der Waals surface area (Å²) in [7, 11) is -3.45. The van der Waals surface area contributed by atoms with E-state index in [1.807, 2.05) is 30.3 Å². The Morgan fingerprint density at radius 2 is 1.82 bits per heavy atom. The molecule has 0 spiro atoms. The van der Waals surface area contributed by atoms with Crippen molar-refractivity contribution in [2.45, 2.75) is 12.6 Å². The molecular formula is C16H18ClNO3S. The van der Waals surface area contributed by atoms with Gasteiger partial charge < -0.3 is 5.11 Å². The molecule has 2 aromatic rings. The van der Waals surface area contributed by atoms with Gasteiger partial charge in [0, 0.05) is 0 Å². The summed E-state index contributed by atoms with van der Waals surface area (Å²) in [5, 5.41) is 9.83. The minimum Gasteiger partial charge on any atom is -0.387 e. The smallest absolute Gasteiger partial charge is 0.232 e. The number of anilines is 1. The number of halogens is 1. The summed E-state index contributed by atoms with van der Waals surface area (Å²) in [4.78, 5) is 0. The minimum absolute atomic E-state index is 0.0566. The van der Waals surface area contributed by atoms with Crippen LogP contribution in [-0.2, 0) is 16.6 Å². The normalized spacial score (nSPS) is 12.9. The summed E-state index contributed by atoms with van der Waals surface area (Å²) in [5.41, 5.74) is 1.98. The Labute approximate surface area is 136 Å². The maximum atomic E-state index is 12.1. The van der Waals surface area contributed by atoms with Gasteiger partial charge in [-0.25, -0.2) is 8.42 Å². The van der Waals surface area contributed by atoms with E-state index in [-0.39, 0.29) is 12.4 Å². The summed E-state index contributed by atoms with van der Waals surface area (Å²) < 4.78 is 25.6. The molecule has 0 heterocycles. The van der Waals surface area contributed by atoms with Crippen LogP contribution in [-0.4, -0.2) is 25.7 Å². The molecule has 0 aliphatic rings. The molecule has 2 rings (SSSR count). The molecule has 2 aromatic carbocycles. The zero-order valence-corrected chi connectivity index (χ0v) is 13.8. The monoisotopic (exact) mass is 339 g/mol. The number of aliphatic hydroxyl groups is 1. The molecule has 118 valence electrons. The Morgan fingerprint density at radius 1 is 1.14 bits per heavy atom. The van der Waals surface area contributed by atoms with Gasteiger partial charge >= 0.3 is 0 Å². The van der Waals surface area contributed by atoms with E-state index in [1.54, 1.807) is 24.3 Å². The molecular weight excluding hydrogens is 322 g/mol. The van der Waals surface area contributed by atoms with Crippen LogP contribution in [0.4, 0.5) is 5.69 Å². The van der Waals surface area contributed by atoms with Crippen molar-refractivity contribution in [3.05, 3.63) is 65.7 Å². The molecule has 0 amide bonds. The van der Waals surface area contributed by atoms with Gasteiger partial charge in [-0.1, -0.05) is 42.5 Å². The number of aliphatic hydroxyl groups excluding tert-OH is 1. The van der Waals surface area contributed by atoms with Crippen molar-refractivity contribution < 1.29 is 13.5 Å². The fourth-order valence-corrected chi connectivity index (χ4v) is 3.18. The molecule has 1 unspecified atom stereocenters. The highest BCUT2D eigenvalue weighted by molar-refractivity contribution is 7.92. The lowest BCUT2D eigenvalue weighted by molar-refractivity contribution is 0.202. The van der Waals surface area contributed by atoms with Gasteiger partial charge in [0.1, 0.15) is 0 Å². The van der Waals surface area contributed by atoms with Crippen LogP contribution < -0.4 is 4.31 Å². The van der Waals surface area contributed by atoms with E-state index in [4.69, 9.17) is 11.6 Å². The second kappa shape index (κ2) is 7.13. The van der Waals surface area contributed by atoms with Crippen molar-refractivity contribution in [1.29, 1.82) is 0 Å². The van der Waals surface area contributed by atoms with Crippen molar-refractivity contribution in [2.75, 3.05) is 16.4 Å². The van der Waals surface area contributed by atoms with Gasteiger partial charge in [0.25, 0.3) is 0 Å². The number of benzene rings is 2. The molecule has 0 aliphatic heterocycles. The predicted octanol–water partition coefficient (Wildman–Crippen LogP) is 2.93. The van der Waals surface area contributed by atoms with Crippen molar-refractivity contribution in [3.63, 3.8) is 0 Å². The number of alkyl halides is 1. The maximum absolute atomic E-state index is 12.1. The summed E-state index contributed by atoms with van der Waals surface area (Å²) in [6.07, 6.45) is 0.348. The Kier molecular flexibility index (Phi) is 5.45. The largest absolute Gasteiger partial charge is 0.387 e. The number of nitrogens with zero attached hydrogens (tertiary/aromatic N) is 1. The first-order valence-electron chi connectivity index (χ1n) is 6.77. The third-order valence-corrected chi connectivity index (χ3v) is 4.69. The summed E-state index contributed by atoms with van der Waals surface area (Å²) >= 11 is 5.66. The van der Waals surface area contributed by atoms with E-state index in [1.165, 1.54) is 10.6 Å². The fourth-order valence-electron chi connectivity index (χ4n) is 2.13. The van der Waals surface area contributed by atoms with Crippen LogP contribution in [0.5, 0.6) is 0 Å². The quantitative estimate of drug-likeness (QED) is 0.823.